The Labute approximate surface area is 164 Å². The molecule has 0 aliphatic heterocycles. The number of rotatable bonds is 2. The third-order valence-electron chi connectivity index (χ3n) is 1.11. The van der Waals surface area contributed by atoms with E-state index in [0.29, 0.717) is 0 Å². The molecule has 0 aromatic carbocycles. The molecule has 0 amide bonds. The summed E-state index contributed by atoms with van der Waals surface area (Å²) in [5, 5.41) is 0. The van der Waals surface area contributed by atoms with Crippen molar-refractivity contribution < 1.29 is 69.5 Å². The van der Waals surface area contributed by atoms with Crippen LogP contribution in [0.15, 0.2) is 0 Å². The average Bonchev–Trinajstić information content (AvgIpc) is 1.64. The smallest absolute Gasteiger partial charge is 1.00 e. The van der Waals surface area contributed by atoms with Gasteiger partial charge in [0.05, 0.1) is 11.2 Å². The maximum absolute atomic E-state index is 9.27. The van der Waals surface area contributed by atoms with E-state index in [4.69, 9.17) is 8.85 Å². The van der Waals surface area contributed by atoms with Crippen LogP contribution in [-0.2, 0) is 35.1 Å². The molecule has 0 radical (unpaired) electrons. The van der Waals surface area contributed by atoms with Gasteiger partial charge in [-0.25, -0.2) is 0 Å². The zero-order valence-corrected chi connectivity index (χ0v) is 20.9. The van der Waals surface area contributed by atoms with Crippen molar-refractivity contribution in [2.75, 3.05) is 0 Å². The summed E-state index contributed by atoms with van der Waals surface area (Å²) in [6.45, 7) is 18.7. The van der Waals surface area contributed by atoms with Gasteiger partial charge in [0.15, 0.2) is 0 Å². The maximum atomic E-state index is 9.27. The summed E-state index contributed by atoms with van der Waals surface area (Å²) in [5.74, 6) is 0. The summed E-state index contributed by atoms with van der Waals surface area (Å²) in [6, 6.07) is 0. The van der Waals surface area contributed by atoms with Crippen molar-refractivity contribution in [1.82, 2.24) is 0 Å². The Bertz CT molecular complexity index is 194. The first-order valence-electron chi connectivity index (χ1n) is 6.26. The Kier molecular flexibility index (Phi) is 19.8. The molecule has 0 heterocycles. The van der Waals surface area contributed by atoms with Crippen LogP contribution in [0.25, 0.3) is 0 Å². The first kappa shape index (κ1) is 34.1. The van der Waals surface area contributed by atoms with Crippen molar-refractivity contribution in [2.45, 2.75) is 78.9 Å². The summed E-state index contributed by atoms with van der Waals surface area (Å²) in [4.78, 5) is 18.5. The predicted molar refractivity (Wildman–Crippen MR) is 81.1 cm³/mol. The molecular formula is C12H32Cl2O4Si2Zr. The van der Waals surface area contributed by atoms with E-state index in [1.807, 2.05) is 41.5 Å². The summed E-state index contributed by atoms with van der Waals surface area (Å²) < 4.78 is 10.6. The Morgan fingerprint density at radius 2 is 0.762 bits per heavy atom. The molecule has 0 aliphatic rings. The van der Waals surface area contributed by atoms with Crippen LogP contribution in [0.1, 0.15) is 41.5 Å². The van der Waals surface area contributed by atoms with E-state index in [0.717, 1.165) is 0 Å². The molecule has 0 aliphatic carbocycles. The third kappa shape index (κ3) is 44.9. The fourth-order valence-electron chi connectivity index (χ4n) is 1.50. The number of halogens is 2. The van der Waals surface area contributed by atoms with Crippen LogP contribution in [0, 0.1) is 0 Å². The molecule has 0 unspecified atom stereocenters. The van der Waals surface area contributed by atoms with Gasteiger partial charge < -0.3 is 43.3 Å². The summed E-state index contributed by atoms with van der Waals surface area (Å²) >= 11 is 0. The van der Waals surface area contributed by atoms with Gasteiger partial charge in [-0.3, -0.25) is 0 Å². The van der Waals surface area contributed by atoms with E-state index in [1.54, 1.807) is 26.2 Å². The van der Waals surface area contributed by atoms with Crippen molar-refractivity contribution in [1.29, 1.82) is 0 Å². The molecule has 9 heteroatoms. The molecule has 0 spiro atoms. The van der Waals surface area contributed by atoms with E-state index in [-0.39, 0.29) is 62.2 Å². The SMILES string of the molecule is CC(C)(C)O[Si](C)(C)O.CC(C)(C)O[Si](C)(C)O.[Cl-].[Cl-].[Zr+2]. The monoisotopic (exact) mass is 456 g/mol. The first-order chi connectivity index (χ1) is 7.41. The molecule has 21 heavy (non-hydrogen) atoms. The summed E-state index contributed by atoms with van der Waals surface area (Å²) in [6.07, 6.45) is 0. The number of hydrogen-bond donors (Lipinski definition) is 2. The molecule has 130 valence electrons. The summed E-state index contributed by atoms with van der Waals surface area (Å²) in [7, 11) is -4.59. The Hall–Kier alpha value is 1.74. The zero-order chi connectivity index (χ0) is 15.4. The van der Waals surface area contributed by atoms with Crippen LogP contribution in [0.4, 0.5) is 0 Å². The second-order valence-electron chi connectivity index (χ2n) is 7.32. The van der Waals surface area contributed by atoms with Crippen molar-refractivity contribution >= 4 is 17.1 Å². The molecule has 0 fully saturated rings. The molecule has 0 atom stereocenters. The van der Waals surface area contributed by atoms with Crippen LogP contribution < -0.4 is 24.8 Å². The largest absolute Gasteiger partial charge is 2.00 e. The van der Waals surface area contributed by atoms with Crippen LogP contribution in [-0.4, -0.2) is 37.9 Å². The molecule has 0 rings (SSSR count). The van der Waals surface area contributed by atoms with Gasteiger partial charge >= 0.3 is 43.3 Å². The second kappa shape index (κ2) is 12.1. The maximum Gasteiger partial charge on any atom is 2.00 e. The minimum atomic E-state index is -2.29. The van der Waals surface area contributed by atoms with E-state index in [9.17, 15) is 9.59 Å². The standard InChI is InChI=1S/2C6H16O2Si.2ClH.Zr/c2*1-6(2,3)8-9(4,5)7;;;/h2*7H,1-5H3;2*1H;/q;;;;+2/p-2. The van der Waals surface area contributed by atoms with Gasteiger partial charge in [-0.1, -0.05) is 0 Å². The van der Waals surface area contributed by atoms with E-state index in [1.165, 1.54) is 0 Å². The molecule has 0 saturated carbocycles. The Morgan fingerprint density at radius 1 is 0.619 bits per heavy atom. The molecule has 0 aromatic heterocycles. The molecule has 0 bridgehead atoms. The molecule has 0 saturated heterocycles. The average molecular weight is 459 g/mol. The van der Waals surface area contributed by atoms with E-state index in [2.05, 4.69) is 0 Å². The quantitative estimate of drug-likeness (QED) is 0.433. The number of hydrogen-bond acceptors (Lipinski definition) is 4. The summed E-state index contributed by atoms with van der Waals surface area (Å²) in [5.41, 5.74) is -0.408. The van der Waals surface area contributed by atoms with Gasteiger partial charge in [-0.2, -0.15) is 0 Å². The molecule has 4 nitrogen and oxygen atoms in total. The predicted octanol–water partition coefficient (Wildman–Crippen LogP) is -3.00. The van der Waals surface area contributed by atoms with Gasteiger partial charge in [-0.05, 0) is 67.7 Å². The van der Waals surface area contributed by atoms with Crippen LogP contribution in [0.3, 0.4) is 0 Å². The van der Waals surface area contributed by atoms with Gasteiger partial charge in [-0.15, -0.1) is 0 Å². The Morgan fingerprint density at radius 3 is 0.762 bits per heavy atom. The van der Waals surface area contributed by atoms with Crippen LogP contribution in [0.2, 0.25) is 26.2 Å². The molecular weight excluding hydrogens is 426 g/mol. The Balaban J connectivity index is -0.0000000711. The van der Waals surface area contributed by atoms with Crippen molar-refractivity contribution in [3.05, 3.63) is 0 Å². The minimum Gasteiger partial charge on any atom is -1.00 e. The van der Waals surface area contributed by atoms with Crippen LogP contribution in [0.5, 0.6) is 0 Å². The van der Waals surface area contributed by atoms with Crippen molar-refractivity contribution in [2.24, 2.45) is 0 Å². The van der Waals surface area contributed by atoms with Gasteiger partial charge in [0.25, 0.3) is 0 Å². The first-order valence-corrected chi connectivity index (χ1v) is 12.0. The van der Waals surface area contributed by atoms with E-state index >= 15 is 0 Å². The van der Waals surface area contributed by atoms with Crippen LogP contribution >= 0.6 is 0 Å². The topological polar surface area (TPSA) is 58.9 Å². The van der Waals surface area contributed by atoms with Gasteiger partial charge in [0.2, 0.25) is 0 Å². The van der Waals surface area contributed by atoms with Crippen molar-refractivity contribution in [3.8, 4) is 0 Å². The fourth-order valence-corrected chi connectivity index (χ4v) is 4.50. The van der Waals surface area contributed by atoms with Gasteiger partial charge in [0, 0.05) is 0 Å². The van der Waals surface area contributed by atoms with Gasteiger partial charge in [0.1, 0.15) is 0 Å². The molecule has 0 aromatic rings. The fraction of sp³-hybridized carbons (Fsp3) is 1.00. The third-order valence-corrected chi connectivity index (χ3v) is 3.34. The van der Waals surface area contributed by atoms with Crippen molar-refractivity contribution in [3.63, 3.8) is 0 Å². The second-order valence-corrected chi connectivity index (χ2v) is 13.5. The van der Waals surface area contributed by atoms with E-state index < -0.39 is 17.1 Å². The zero-order valence-electron chi connectivity index (χ0n) is 15.0. The molecule has 2 N–H and O–H groups in total. The normalized spacial score (nSPS) is 12.0. The minimum absolute atomic E-state index is 0.